The molecular weight excluding hydrogens is 324 g/mol. The minimum absolute atomic E-state index is 0.544. The molecule has 0 radical (unpaired) electrons. The van der Waals surface area contributed by atoms with Crippen molar-refractivity contribution in [2.45, 2.75) is 19.4 Å². The summed E-state index contributed by atoms with van der Waals surface area (Å²) < 4.78 is 5.37. The van der Waals surface area contributed by atoms with Gasteiger partial charge in [-0.15, -0.1) is 0 Å². The summed E-state index contributed by atoms with van der Waals surface area (Å²) in [5.41, 5.74) is 2.25. The highest BCUT2D eigenvalue weighted by Crippen LogP contribution is 2.01. The molecule has 0 fully saturated rings. The van der Waals surface area contributed by atoms with Gasteiger partial charge in [0.1, 0.15) is 5.76 Å². The first kappa shape index (κ1) is 17.7. The Bertz CT molecular complexity index is 770. The monoisotopic (exact) mass is 348 g/mol. The Morgan fingerprint density at radius 2 is 1.69 bits per heavy atom. The highest BCUT2D eigenvalue weighted by molar-refractivity contribution is 5.79. The summed E-state index contributed by atoms with van der Waals surface area (Å²) in [5, 5.41) is 6.76. The van der Waals surface area contributed by atoms with Crippen LogP contribution in [0, 0.1) is 0 Å². The molecule has 0 aliphatic rings. The molecule has 1 aromatic carbocycles. The van der Waals surface area contributed by atoms with Gasteiger partial charge in [-0.2, -0.15) is 0 Å². The van der Waals surface area contributed by atoms with E-state index in [9.17, 15) is 0 Å². The van der Waals surface area contributed by atoms with Crippen LogP contribution in [0.3, 0.4) is 0 Å². The molecule has 0 saturated heterocycles. The summed E-state index contributed by atoms with van der Waals surface area (Å²) in [6.07, 6.45) is 5.25. The number of pyridine rings is 1. The molecule has 3 aromatic rings. The maximum Gasteiger partial charge on any atom is 0.191 e. The molecule has 0 atom stereocenters. The second kappa shape index (κ2) is 10.0. The summed E-state index contributed by atoms with van der Waals surface area (Å²) >= 11 is 0. The maximum absolute atomic E-state index is 5.37. The van der Waals surface area contributed by atoms with Crippen LogP contribution in [-0.2, 0) is 19.4 Å². The molecule has 0 amide bonds. The van der Waals surface area contributed by atoms with Gasteiger partial charge in [0, 0.05) is 25.7 Å². The van der Waals surface area contributed by atoms with Crippen LogP contribution in [0.15, 0.2) is 82.5 Å². The SMILES string of the molecule is c1ccc(CCNC(=NCc2ccccn2)NCCc2ccco2)cc1. The zero-order valence-electron chi connectivity index (χ0n) is 14.8. The Morgan fingerprint density at radius 3 is 2.42 bits per heavy atom. The predicted octanol–water partition coefficient (Wildman–Crippen LogP) is 3.20. The van der Waals surface area contributed by atoms with E-state index in [1.165, 1.54) is 5.56 Å². The molecule has 2 heterocycles. The fourth-order valence-corrected chi connectivity index (χ4v) is 2.55. The average Bonchev–Trinajstić information content (AvgIpc) is 3.21. The lowest BCUT2D eigenvalue weighted by atomic mass is 10.1. The topological polar surface area (TPSA) is 62.5 Å². The van der Waals surface area contributed by atoms with Crippen LogP contribution in [0.5, 0.6) is 0 Å². The third-order valence-electron chi connectivity index (χ3n) is 3.92. The van der Waals surface area contributed by atoms with Crippen LogP contribution in [0.2, 0.25) is 0 Å². The van der Waals surface area contributed by atoms with Crippen molar-refractivity contribution in [3.63, 3.8) is 0 Å². The average molecular weight is 348 g/mol. The van der Waals surface area contributed by atoms with Gasteiger partial charge in [-0.1, -0.05) is 36.4 Å². The van der Waals surface area contributed by atoms with Gasteiger partial charge in [-0.05, 0) is 36.2 Å². The number of aliphatic imine (C=N–C) groups is 1. The molecule has 134 valence electrons. The maximum atomic E-state index is 5.37. The van der Waals surface area contributed by atoms with Gasteiger partial charge in [-0.25, -0.2) is 4.99 Å². The van der Waals surface area contributed by atoms with E-state index in [0.717, 1.165) is 43.3 Å². The van der Waals surface area contributed by atoms with E-state index in [1.807, 2.05) is 36.4 Å². The number of hydrogen-bond donors (Lipinski definition) is 2. The highest BCUT2D eigenvalue weighted by Gasteiger charge is 2.01. The molecule has 0 spiro atoms. The van der Waals surface area contributed by atoms with Crippen molar-refractivity contribution in [2.24, 2.45) is 4.99 Å². The second-order valence-electron chi connectivity index (χ2n) is 5.90. The number of nitrogens with one attached hydrogen (secondary N) is 2. The lowest BCUT2D eigenvalue weighted by molar-refractivity contribution is 0.506. The van der Waals surface area contributed by atoms with Crippen LogP contribution in [0.4, 0.5) is 0 Å². The van der Waals surface area contributed by atoms with Crippen molar-refractivity contribution >= 4 is 5.96 Å². The summed E-state index contributed by atoms with van der Waals surface area (Å²) in [5.74, 6) is 1.75. The van der Waals surface area contributed by atoms with Gasteiger partial charge in [0.2, 0.25) is 0 Å². The van der Waals surface area contributed by atoms with Crippen molar-refractivity contribution in [2.75, 3.05) is 13.1 Å². The van der Waals surface area contributed by atoms with Crippen LogP contribution in [-0.4, -0.2) is 24.0 Å². The lowest BCUT2D eigenvalue weighted by Crippen LogP contribution is -2.39. The van der Waals surface area contributed by atoms with Crippen molar-refractivity contribution < 1.29 is 4.42 Å². The van der Waals surface area contributed by atoms with Crippen molar-refractivity contribution in [3.05, 3.63) is 90.1 Å². The third kappa shape index (κ3) is 6.09. The van der Waals surface area contributed by atoms with Gasteiger partial charge in [0.25, 0.3) is 0 Å². The predicted molar refractivity (Wildman–Crippen MR) is 104 cm³/mol. The molecule has 0 unspecified atom stereocenters. The molecule has 2 N–H and O–H groups in total. The molecule has 26 heavy (non-hydrogen) atoms. The number of nitrogens with zero attached hydrogens (tertiary/aromatic N) is 2. The number of benzene rings is 1. The Labute approximate surface area is 154 Å². The largest absolute Gasteiger partial charge is 0.469 e. The number of hydrogen-bond acceptors (Lipinski definition) is 3. The van der Waals surface area contributed by atoms with Crippen LogP contribution >= 0.6 is 0 Å². The molecule has 0 aliphatic carbocycles. The van der Waals surface area contributed by atoms with Gasteiger partial charge in [0.15, 0.2) is 5.96 Å². The summed E-state index contributed by atoms with van der Waals surface area (Å²) in [6, 6.07) is 20.2. The number of furan rings is 1. The smallest absolute Gasteiger partial charge is 0.191 e. The van der Waals surface area contributed by atoms with Crippen molar-refractivity contribution in [1.29, 1.82) is 0 Å². The van der Waals surface area contributed by atoms with Gasteiger partial charge in [-0.3, -0.25) is 4.98 Å². The summed E-state index contributed by atoms with van der Waals surface area (Å²) in [6.45, 7) is 2.12. The molecule has 5 nitrogen and oxygen atoms in total. The quantitative estimate of drug-likeness (QED) is 0.485. The third-order valence-corrected chi connectivity index (χ3v) is 3.92. The minimum Gasteiger partial charge on any atom is -0.469 e. The first-order valence-electron chi connectivity index (χ1n) is 8.88. The minimum atomic E-state index is 0.544. The number of rotatable bonds is 8. The number of aromatic nitrogens is 1. The van der Waals surface area contributed by atoms with E-state index in [0.29, 0.717) is 6.54 Å². The molecule has 0 bridgehead atoms. The zero-order valence-corrected chi connectivity index (χ0v) is 14.8. The molecular formula is C21H24N4O. The molecule has 3 rings (SSSR count). The molecule has 2 aromatic heterocycles. The number of guanidine groups is 1. The molecule has 0 saturated carbocycles. The Morgan fingerprint density at radius 1 is 0.885 bits per heavy atom. The fraction of sp³-hybridized carbons (Fsp3) is 0.238. The normalized spacial score (nSPS) is 11.3. The van der Waals surface area contributed by atoms with Crippen LogP contribution in [0.25, 0.3) is 0 Å². The summed E-state index contributed by atoms with van der Waals surface area (Å²) in [7, 11) is 0. The van der Waals surface area contributed by atoms with Gasteiger partial charge < -0.3 is 15.1 Å². The Hall–Kier alpha value is -3.08. The zero-order chi connectivity index (χ0) is 17.9. The standard InChI is InChI=1S/C21H24N4O/c1-2-7-18(8-3-1)11-14-23-21(24-15-12-20-10-6-16-26-20)25-17-19-9-4-5-13-22-19/h1-10,13,16H,11-12,14-15,17H2,(H2,23,24,25). The van der Waals surface area contributed by atoms with E-state index in [-0.39, 0.29) is 0 Å². The van der Waals surface area contributed by atoms with Crippen LogP contribution < -0.4 is 10.6 Å². The van der Waals surface area contributed by atoms with Crippen molar-refractivity contribution in [3.8, 4) is 0 Å². The van der Waals surface area contributed by atoms with Gasteiger partial charge >= 0.3 is 0 Å². The van der Waals surface area contributed by atoms with E-state index in [4.69, 9.17) is 4.42 Å². The first-order chi connectivity index (χ1) is 12.9. The van der Waals surface area contributed by atoms with Crippen LogP contribution in [0.1, 0.15) is 17.0 Å². The highest BCUT2D eigenvalue weighted by atomic mass is 16.3. The van der Waals surface area contributed by atoms with E-state index < -0.39 is 0 Å². The van der Waals surface area contributed by atoms with E-state index >= 15 is 0 Å². The second-order valence-corrected chi connectivity index (χ2v) is 5.90. The molecule has 5 heteroatoms. The van der Waals surface area contributed by atoms with E-state index in [1.54, 1.807) is 12.5 Å². The lowest BCUT2D eigenvalue weighted by Gasteiger charge is -2.12. The first-order valence-corrected chi connectivity index (χ1v) is 8.88. The van der Waals surface area contributed by atoms with Gasteiger partial charge in [0.05, 0.1) is 18.5 Å². The fourth-order valence-electron chi connectivity index (χ4n) is 2.55. The Balaban J connectivity index is 1.52. The summed E-state index contributed by atoms with van der Waals surface area (Å²) in [4.78, 5) is 8.97. The van der Waals surface area contributed by atoms with Crippen molar-refractivity contribution in [1.82, 2.24) is 15.6 Å². The Kier molecular flexibility index (Phi) is 6.84. The molecule has 0 aliphatic heterocycles. The van der Waals surface area contributed by atoms with E-state index in [2.05, 4.69) is 44.9 Å².